The lowest BCUT2D eigenvalue weighted by atomic mass is 9.92. The zero-order valence-electron chi connectivity index (χ0n) is 16.7. The SMILES string of the molecule is O=C(N[C@H]1CCCC[C@@H]1O)c1cc(Cc2ccc3nccn3c2)c2ccccc2n1. The predicted molar refractivity (Wildman–Crippen MR) is 115 cm³/mol. The summed E-state index contributed by atoms with van der Waals surface area (Å²) in [5, 5.41) is 14.2. The highest BCUT2D eigenvalue weighted by molar-refractivity contribution is 5.96. The minimum absolute atomic E-state index is 0.202. The van der Waals surface area contributed by atoms with E-state index in [1.165, 1.54) is 0 Å². The molecule has 5 rings (SSSR count). The zero-order valence-corrected chi connectivity index (χ0v) is 16.7. The van der Waals surface area contributed by atoms with Gasteiger partial charge in [-0.05, 0) is 48.6 Å². The normalized spacial score (nSPS) is 19.2. The maximum absolute atomic E-state index is 12.9. The molecule has 0 aliphatic heterocycles. The first-order valence-corrected chi connectivity index (χ1v) is 10.5. The molecule has 1 amide bonds. The van der Waals surface area contributed by atoms with Crippen molar-refractivity contribution in [3.05, 3.63) is 77.9 Å². The fraction of sp³-hybridized carbons (Fsp3) is 0.292. The molecular formula is C24H24N4O2. The molecule has 0 saturated heterocycles. The van der Waals surface area contributed by atoms with Crippen LogP contribution in [0, 0.1) is 0 Å². The van der Waals surface area contributed by atoms with Crippen LogP contribution in [0.1, 0.15) is 47.3 Å². The topological polar surface area (TPSA) is 79.5 Å². The average Bonchev–Trinajstić information content (AvgIpc) is 3.23. The van der Waals surface area contributed by atoms with E-state index in [2.05, 4.69) is 27.5 Å². The van der Waals surface area contributed by atoms with Gasteiger partial charge in [0.25, 0.3) is 5.91 Å². The summed E-state index contributed by atoms with van der Waals surface area (Å²) in [5.41, 5.74) is 4.28. The maximum Gasteiger partial charge on any atom is 0.270 e. The van der Waals surface area contributed by atoms with Crippen molar-refractivity contribution in [3.63, 3.8) is 0 Å². The number of amides is 1. The first kappa shape index (κ1) is 18.8. The van der Waals surface area contributed by atoms with Gasteiger partial charge >= 0.3 is 0 Å². The van der Waals surface area contributed by atoms with Crippen molar-refractivity contribution >= 4 is 22.5 Å². The van der Waals surface area contributed by atoms with Crippen molar-refractivity contribution in [1.29, 1.82) is 0 Å². The summed E-state index contributed by atoms with van der Waals surface area (Å²) in [7, 11) is 0. The summed E-state index contributed by atoms with van der Waals surface area (Å²) in [6.45, 7) is 0. The number of carbonyl (C=O) groups excluding carboxylic acids is 1. The molecule has 1 aliphatic rings. The lowest BCUT2D eigenvalue weighted by Gasteiger charge is -2.28. The monoisotopic (exact) mass is 400 g/mol. The van der Waals surface area contributed by atoms with Crippen molar-refractivity contribution in [1.82, 2.24) is 19.7 Å². The van der Waals surface area contributed by atoms with E-state index < -0.39 is 6.10 Å². The largest absolute Gasteiger partial charge is 0.391 e. The van der Waals surface area contributed by atoms with E-state index in [-0.39, 0.29) is 11.9 Å². The molecule has 1 saturated carbocycles. The molecule has 3 heterocycles. The molecule has 3 aromatic heterocycles. The number of fused-ring (bicyclic) bond motifs is 2. The molecule has 6 nitrogen and oxygen atoms in total. The Morgan fingerprint density at radius 3 is 2.93 bits per heavy atom. The van der Waals surface area contributed by atoms with Crippen LogP contribution in [0.3, 0.4) is 0 Å². The Morgan fingerprint density at radius 1 is 1.17 bits per heavy atom. The lowest BCUT2D eigenvalue weighted by Crippen LogP contribution is -2.45. The van der Waals surface area contributed by atoms with Crippen molar-refractivity contribution in [2.75, 3.05) is 0 Å². The lowest BCUT2D eigenvalue weighted by molar-refractivity contribution is 0.0714. The molecule has 30 heavy (non-hydrogen) atoms. The van der Waals surface area contributed by atoms with Gasteiger partial charge in [-0.15, -0.1) is 0 Å². The summed E-state index contributed by atoms with van der Waals surface area (Å²) in [4.78, 5) is 21.8. The minimum Gasteiger partial charge on any atom is -0.391 e. The Labute approximate surface area is 174 Å². The van der Waals surface area contributed by atoms with Crippen LogP contribution in [0.15, 0.2) is 61.1 Å². The van der Waals surface area contributed by atoms with E-state index >= 15 is 0 Å². The number of aliphatic hydroxyl groups is 1. The average molecular weight is 400 g/mol. The van der Waals surface area contributed by atoms with Gasteiger partial charge in [0.2, 0.25) is 0 Å². The number of hydrogen-bond acceptors (Lipinski definition) is 4. The van der Waals surface area contributed by atoms with Crippen molar-refractivity contribution < 1.29 is 9.90 Å². The standard InChI is InChI=1S/C24H24N4O2/c29-22-8-4-3-7-20(22)27-24(30)21-14-17(18-5-1-2-6-19(18)26-21)13-16-9-10-23-25-11-12-28(23)15-16/h1-2,5-6,9-12,14-15,20,22,29H,3-4,7-8,13H2,(H,27,30)/t20-,22-/m0/s1. The highest BCUT2D eigenvalue weighted by atomic mass is 16.3. The van der Waals surface area contributed by atoms with Crippen molar-refractivity contribution in [3.8, 4) is 0 Å². The fourth-order valence-electron chi connectivity index (χ4n) is 4.32. The van der Waals surface area contributed by atoms with Gasteiger partial charge in [0, 0.05) is 24.0 Å². The number of hydrogen-bond donors (Lipinski definition) is 2. The van der Waals surface area contributed by atoms with Crippen LogP contribution in [0.25, 0.3) is 16.6 Å². The summed E-state index contributed by atoms with van der Waals surface area (Å²) in [6, 6.07) is 13.6. The maximum atomic E-state index is 12.9. The first-order valence-electron chi connectivity index (χ1n) is 10.5. The molecule has 1 aliphatic carbocycles. The second kappa shape index (κ2) is 7.88. The molecular weight excluding hydrogens is 376 g/mol. The number of imidazole rings is 1. The van der Waals surface area contributed by atoms with Gasteiger partial charge in [-0.25, -0.2) is 9.97 Å². The second-order valence-corrected chi connectivity index (χ2v) is 8.02. The molecule has 1 aromatic carbocycles. The Morgan fingerprint density at radius 2 is 2.03 bits per heavy atom. The number of pyridine rings is 2. The number of nitrogens with zero attached hydrogens (tertiary/aromatic N) is 3. The smallest absolute Gasteiger partial charge is 0.270 e. The van der Waals surface area contributed by atoms with Crippen LogP contribution < -0.4 is 5.32 Å². The molecule has 0 spiro atoms. The van der Waals surface area contributed by atoms with Gasteiger partial charge in [0.1, 0.15) is 11.3 Å². The first-order chi connectivity index (χ1) is 14.7. The summed E-state index contributed by atoms with van der Waals surface area (Å²) in [5.74, 6) is -0.224. The molecule has 0 bridgehead atoms. The second-order valence-electron chi connectivity index (χ2n) is 8.02. The number of rotatable bonds is 4. The predicted octanol–water partition coefficient (Wildman–Crippen LogP) is 3.51. The molecule has 2 N–H and O–H groups in total. The number of carbonyl (C=O) groups is 1. The fourth-order valence-corrected chi connectivity index (χ4v) is 4.32. The minimum atomic E-state index is -0.482. The third-order valence-electron chi connectivity index (χ3n) is 5.93. The van der Waals surface area contributed by atoms with Gasteiger partial charge in [-0.1, -0.05) is 37.1 Å². The van der Waals surface area contributed by atoms with Gasteiger partial charge < -0.3 is 14.8 Å². The molecule has 4 aromatic rings. The van der Waals surface area contributed by atoms with E-state index in [1.807, 2.05) is 47.0 Å². The molecule has 0 unspecified atom stereocenters. The molecule has 0 radical (unpaired) electrons. The van der Waals surface area contributed by atoms with Gasteiger partial charge in [-0.2, -0.15) is 0 Å². The third kappa shape index (κ3) is 3.66. The highest BCUT2D eigenvalue weighted by Gasteiger charge is 2.25. The third-order valence-corrected chi connectivity index (χ3v) is 5.93. The number of nitrogens with one attached hydrogen (secondary N) is 1. The summed E-state index contributed by atoms with van der Waals surface area (Å²) in [6.07, 6.45) is 9.54. The van der Waals surface area contributed by atoms with Crippen molar-refractivity contribution in [2.24, 2.45) is 0 Å². The van der Waals surface area contributed by atoms with Crippen LogP contribution >= 0.6 is 0 Å². The quantitative estimate of drug-likeness (QED) is 0.549. The number of aliphatic hydroxyl groups excluding tert-OH is 1. The van der Waals surface area contributed by atoms with Crippen molar-refractivity contribution in [2.45, 2.75) is 44.2 Å². The molecule has 2 atom stereocenters. The Hall–Kier alpha value is -3.25. The summed E-state index contributed by atoms with van der Waals surface area (Å²) >= 11 is 0. The van der Waals surface area contributed by atoms with Crippen LogP contribution in [0.5, 0.6) is 0 Å². The van der Waals surface area contributed by atoms with E-state index in [4.69, 9.17) is 0 Å². The van der Waals surface area contributed by atoms with E-state index in [1.54, 1.807) is 6.20 Å². The van der Waals surface area contributed by atoms with E-state index in [9.17, 15) is 9.90 Å². The highest BCUT2D eigenvalue weighted by Crippen LogP contribution is 2.23. The summed E-state index contributed by atoms with van der Waals surface area (Å²) < 4.78 is 2.00. The number of aromatic nitrogens is 3. The van der Waals surface area contributed by atoms with Crippen LogP contribution in [-0.2, 0) is 6.42 Å². The van der Waals surface area contributed by atoms with Gasteiger partial charge in [0.05, 0.1) is 17.7 Å². The van der Waals surface area contributed by atoms with Gasteiger partial charge in [0.15, 0.2) is 0 Å². The zero-order chi connectivity index (χ0) is 20.5. The van der Waals surface area contributed by atoms with Crippen LogP contribution in [0.2, 0.25) is 0 Å². The van der Waals surface area contributed by atoms with Crippen LogP contribution in [0.4, 0.5) is 0 Å². The molecule has 6 heteroatoms. The van der Waals surface area contributed by atoms with E-state index in [0.29, 0.717) is 12.1 Å². The van der Waals surface area contributed by atoms with Gasteiger partial charge in [-0.3, -0.25) is 4.79 Å². The molecule has 152 valence electrons. The number of benzene rings is 1. The van der Waals surface area contributed by atoms with E-state index in [0.717, 1.165) is 53.4 Å². The number of para-hydroxylation sites is 1. The van der Waals surface area contributed by atoms with Crippen LogP contribution in [-0.4, -0.2) is 37.5 Å². The Bertz CT molecular complexity index is 1220. The Balaban J connectivity index is 1.48. The Kier molecular flexibility index (Phi) is 4.93. The molecule has 1 fully saturated rings.